The van der Waals surface area contributed by atoms with Gasteiger partial charge in [-0.2, -0.15) is 0 Å². The Kier molecular flexibility index (Phi) is 6.20. The molecular weight excluding hydrogens is 258 g/mol. The summed E-state index contributed by atoms with van der Waals surface area (Å²) in [5.41, 5.74) is 2.46. The fraction of sp³-hybridized carbons (Fsp3) is 0.263. The molecule has 2 heteroatoms. The molecule has 0 heterocycles. The maximum Gasteiger partial charge on any atom is 0.0732 e. The maximum atomic E-state index is 10.3. The molecule has 0 amide bonds. The summed E-state index contributed by atoms with van der Waals surface area (Å²) in [4.78, 5) is 0. The van der Waals surface area contributed by atoms with Gasteiger partial charge in [-0.3, -0.25) is 0 Å². The van der Waals surface area contributed by atoms with Gasteiger partial charge in [-0.25, -0.2) is 0 Å². The molecule has 0 bridgehead atoms. The summed E-state index contributed by atoms with van der Waals surface area (Å²) in [6, 6.07) is 20.3. The van der Waals surface area contributed by atoms with Crippen LogP contribution in [0.3, 0.4) is 0 Å². The second-order valence-electron chi connectivity index (χ2n) is 5.22. The third-order valence-corrected chi connectivity index (χ3v) is 3.62. The number of benzene rings is 2. The highest BCUT2D eigenvalue weighted by Gasteiger charge is 2.15. The predicted octanol–water partition coefficient (Wildman–Crippen LogP) is 3.32. The normalized spacial score (nSPS) is 13.6. The van der Waals surface area contributed by atoms with Gasteiger partial charge in [0.15, 0.2) is 0 Å². The van der Waals surface area contributed by atoms with Crippen molar-refractivity contribution in [3.63, 3.8) is 0 Å². The Morgan fingerprint density at radius 2 is 1.52 bits per heavy atom. The van der Waals surface area contributed by atoms with Gasteiger partial charge in [-0.1, -0.05) is 66.7 Å². The Labute approximate surface area is 127 Å². The largest absolute Gasteiger partial charge is 0.391 e. The minimum Gasteiger partial charge on any atom is -0.391 e. The topological polar surface area (TPSA) is 32.3 Å². The molecule has 0 aromatic heterocycles. The van der Waals surface area contributed by atoms with Crippen molar-refractivity contribution in [2.75, 3.05) is 0 Å². The fourth-order valence-electron chi connectivity index (χ4n) is 2.35. The molecule has 0 radical (unpaired) electrons. The van der Waals surface area contributed by atoms with Crippen molar-refractivity contribution >= 4 is 0 Å². The zero-order valence-electron chi connectivity index (χ0n) is 12.3. The van der Waals surface area contributed by atoms with Gasteiger partial charge in [0, 0.05) is 6.54 Å². The summed E-state index contributed by atoms with van der Waals surface area (Å²) in [5, 5.41) is 13.7. The summed E-state index contributed by atoms with van der Waals surface area (Å²) in [5.74, 6) is 0. The average Bonchev–Trinajstić information content (AvgIpc) is 2.55. The van der Waals surface area contributed by atoms with E-state index < -0.39 is 6.10 Å². The summed E-state index contributed by atoms with van der Waals surface area (Å²) < 4.78 is 0. The summed E-state index contributed by atoms with van der Waals surface area (Å²) in [6.07, 6.45) is 2.96. The van der Waals surface area contributed by atoms with Gasteiger partial charge in [-0.15, -0.1) is 6.58 Å². The molecule has 21 heavy (non-hydrogen) atoms. The molecule has 0 aliphatic carbocycles. The number of rotatable bonds is 8. The first-order valence-electron chi connectivity index (χ1n) is 7.41. The molecule has 2 N–H and O–H groups in total. The summed E-state index contributed by atoms with van der Waals surface area (Å²) >= 11 is 0. The molecule has 0 saturated carbocycles. The van der Waals surface area contributed by atoms with Crippen LogP contribution in [-0.4, -0.2) is 17.3 Å². The molecule has 110 valence electrons. The lowest BCUT2D eigenvalue weighted by atomic mass is 10.0. The predicted molar refractivity (Wildman–Crippen MR) is 88.0 cm³/mol. The molecule has 2 atom stereocenters. The van der Waals surface area contributed by atoms with E-state index in [1.165, 1.54) is 11.1 Å². The Hall–Kier alpha value is -1.90. The molecule has 2 nitrogen and oxygen atoms in total. The molecule has 0 aliphatic rings. The van der Waals surface area contributed by atoms with E-state index in [0.29, 0.717) is 0 Å². The van der Waals surface area contributed by atoms with Crippen LogP contribution in [0.1, 0.15) is 17.5 Å². The number of hydrogen-bond donors (Lipinski definition) is 2. The number of nitrogens with one attached hydrogen (secondary N) is 1. The zero-order chi connectivity index (χ0) is 14.9. The minimum atomic E-state index is -0.425. The van der Waals surface area contributed by atoms with Gasteiger partial charge in [0.2, 0.25) is 0 Å². The molecule has 2 aromatic carbocycles. The number of hydrogen-bond acceptors (Lipinski definition) is 2. The van der Waals surface area contributed by atoms with Crippen LogP contribution in [-0.2, 0) is 13.0 Å². The van der Waals surface area contributed by atoms with Crippen LogP contribution in [0.4, 0.5) is 0 Å². The van der Waals surface area contributed by atoms with E-state index in [4.69, 9.17) is 0 Å². The van der Waals surface area contributed by atoms with Crippen molar-refractivity contribution in [2.45, 2.75) is 31.5 Å². The van der Waals surface area contributed by atoms with E-state index in [2.05, 4.69) is 36.2 Å². The van der Waals surface area contributed by atoms with E-state index in [9.17, 15) is 5.11 Å². The highest BCUT2D eigenvalue weighted by Crippen LogP contribution is 2.09. The second-order valence-corrected chi connectivity index (χ2v) is 5.22. The number of aliphatic hydroxyl groups excluding tert-OH is 1. The Morgan fingerprint density at radius 1 is 0.952 bits per heavy atom. The van der Waals surface area contributed by atoms with Crippen LogP contribution in [0.15, 0.2) is 73.3 Å². The highest BCUT2D eigenvalue weighted by atomic mass is 16.3. The van der Waals surface area contributed by atoms with Crippen LogP contribution < -0.4 is 5.32 Å². The monoisotopic (exact) mass is 281 g/mol. The fourth-order valence-corrected chi connectivity index (χ4v) is 2.35. The van der Waals surface area contributed by atoms with Crippen LogP contribution >= 0.6 is 0 Å². The third-order valence-electron chi connectivity index (χ3n) is 3.62. The maximum absolute atomic E-state index is 10.3. The van der Waals surface area contributed by atoms with E-state index in [1.807, 2.05) is 36.4 Å². The van der Waals surface area contributed by atoms with Crippen molar-refractivity contribution in [2.24, 2.45) is 0 Å². The average molecular weight is 281 g/mol. The lowest BCUT2D eigenvalue weighted by Gasteiger charge is -2.21. The molecule has 0 spiro atoms. The molecule has 0 fully saturated rings. The Bertz CT molecular complexity index is 524. The molecule has 2 rings (SSSR count). The van der Waals surface area contributed by atoms with Gasteiger partial charge in [0.05, 0.1) is 12.1 Å². The minimum absolute atomic E-state index is 0.0890. The lowest BCUT2D eigenvalue weighted by Crippen LogP contribution is -2.38. The Balaban J connectivity index is 1.81. The van der Waals surface area contributed by atoms with Gasteiger partial charge in [-0.05, 0) is 24.0 Å². The molecule has 0 unspecified atom stereocenters. The first-order valence-corrected chi connectivity index (χ1v) is 7.41. The molecule has 2 aromatic rings. The molecule has 0 aliphatic heterocycles. The zero-order valence-corrected chi connectivity index (χ0v) is 12.3. The molecule has 0 saturated heterocycles. The van der Waals surface area contributed by atoms with E-state index in [-0.39, 0.29) is 6.04 Å². The quantitative estimate of drug-likeness (QED) is 0.728. The summed E-state index contributed by atoms with van der Waals surface area (Å²) in [7, 11) is 0. The van der Waals surface area contributed by atoms with Crippen molar-refractivity contribution in [1.82, 2.24) is 5.32 Å². The van der Waals surface area contributed by atoms with Crippen molar-refractivity contribution < 1.29 is 5.11 Å². The molecular formula is C19H23NO. The number of aryl methyl sites for hydroxylation is 1. The SMILES string of the molecule is C=C[C@@H](NCc1ccccc1)[C@@H](O)CCc1ccccc1. The first-order chi connectivity index (χ1) is 10.3. The lowest BCUT2D eigenvalue weighted by molar-refractivity contribution is 0.136. The van der Waals surface area contributed by atoms with Crippen molar-refractivity contribution in [3.05, 3.63) is 84.4 Å². The number of aliphatic hydroxyl groups is 1. The van der Waals surface area contributed by atoms with Gasteiger partial charge in [0.25, 0.3) is 0 Å². The van der Waals surface area contributed by atoms with E-state index in [0.717, 1.165) is 19.4 Å². The van der Waals surface area contributed by atoms with Crippen LogP contribution in [0.2, 0.25) is 0 Å². The van der Waals surface area contributed by atoms with Crippen molar-refractivity contribution in [3.8, 4) is 0 Å². The van der Waals surface area contributed by atoms with Gasteiger partial charge >= 0.3 is 0 Å². The van der Waals surface area contributed by atoms with Crippen molar-refractivity contribution in [1.29, 1.82) is 0 Å². The standard InChI is InChI=1S/C19H23NO/c1-2-18(20-15-17-11-7-4-8-12-17)19(21)14-13-16-9-5-3-6-10-16/h2-12,18-21H,1,13-15H2/t18-,19+/m1/s1. The highest BCUT2D eigenvalue weighted by molar-refractivity contribution is 5.16. The van der Waals surface area contributed by atoms with Crippen LogP contribution in [0.25, 0.3) is 0 Å². The van der Waals surface area contributed by atoms with Gasteiger partial charge < -0.3 is 10.4 Å². The van der Waals surface area contributed by atoms with E-state index >= 15 is 0 Å². The first kappa shape index (κ1) is 15.5. The van der Waals surface area contributed by atoms with Crippen LogP contribution in [0.5, 0.6) is 0 Å². The van der Waals surface area contributed by atoms with Gasteiger partial charge in [0.1, 0.15) is 0 Å². The summed E-state index contributed by atoms with van der Waals surface area (Å²) in [6.45, 7) is 4.56. The van der Waals surface area contributed by atoms with Crippen LogP contribution in [0, 0.1) is 0 Å². The smallest absolute Gasteiger partial charge is 0.0732 e. The van der Waals surface area contributed by atoms with E-state index in [1.54, 1.807) is 6.08 Å². The second kappa shape index (κ2) is 8.40. The third kappa shape index (κ3) is 5.18. The Morgan fingerprint density at radius 3 is 2.10 bits per heavy atom.